The molecule has 2 atom stereocenters. The van der Waals surface area contributed by atoms with E-state index in [1.54, 1.807) is 4.90 Å². The Labute approximate surface area is 240 Å². The number of carboxylic acid groups (broad SMARTS) is 1. The van der Waals surface area contributed by atoms with Gasteiger partial charge in [0.05, 0.1) is 6.61 Å². The van der Waals surface area contributed by atoms with E-state index in [1.165, 1.54) is 25.1 Å². The molecule has 0 aliphatic carbocycles. The summed E-state index contributed by atoms with van der Waals surface area (Å²) in [5.41, 5.74) is 0.479. The van der Waals surface area contributed by atoms with E-state index in [9.17, 15) is 34.0 Å². The van der Waals surface area contributed by atoms with Gasteiger partial charge in [0.2, 0.25) is 17.7 Å². The average Bonchev–Trinajstić information content (AvgIpc) is 2.89. The van der Waals surface area contributed by atoms with Crippen LogP contribution in [0, 0.1) is 0 Å². The van der Waals surface area contributed by atoms with E-state index in [2.05, 4.69) is 15.2 Å². The van der Waals surface area contributed by atoms with Crippen molar-refractivity contribution in [3.8, 4) is 5.75 Å². The normalized spacial score (nSPS) is 12.7. The average molecular weight is 602 g/mol. The molecule has 0 spiro atoms. The minimum atomic E-state index is -4.88. The van der Waals surface area contributed by atoms with Crippen molar-refractivity contribution >= 4 is 31.5 Å². The Balaban J connectivity index is 3.21. The highest BCUT2D eigenvalue weighted by Crippen LogP contribution is 2.39. The molecule has 0 aliphatic heterocycles. The number of nitrogens with zero attached hydrogens (tertiary/aromatic N) is 1. The molecule has 0 radical (unpaired) electrons. The van der Waals surface area contributed by atoms with Crippen LogP contribution in [0.5, 0.6) is 5.75 Å². The number of carboxylic acids is 1. The second kappa shape index (κ2) is 18.4. The third kappa shape index (κ3) is 14.5. The lowest BCUT2D eigenvalue weighted by Crippen LogP contribution is -2.55. The molecular weight excluding hydrogens is 557 g/mol. The molecule has 41 heavy (non-hydrogen) atoms. The van der Waals surface area contributed by atoms with Gasteiger partial charge in [-0.1, -0.05) is 45.6 Å². The summed E-state index contributed by atoms with van der Waals surface area (Å²) in [6, 6.07) is 1.74. The summed E-state index contributed by atoms with van der Waals surface area (Å²) in [5, 5.41) is 24.1. The number of aliphatic carboxylic acids is 1. The highest BCUT2D eigenvalue weighted by atomic mass is 31.2. The molecule has 13 nitrogen and oxygen atoms in total. The summed E-state index contributed by atoms with van der Waals surface area (Å²) < 4.78 is 15.8. The van der Waals surface area contributed by atoms with Crippen LogP contribution in [-0.4, -0.2) is 73.8 Å². The fourth-order valence-corrected chi connectivity index (χ4v) is 4.68. The molecule has 14 heteroatoms. The van der Waals surface area contributed by atoms with Crippen LogP contribution in [0.15, 0.2) is 18.2 Å². The van der Waals surface area contributed by atoms with Crippen LogP contribution in [-0.2, 0) is 36.8 Å². The van der Waals surface area contributed by atoms with Crippen molar-refractivity contribution in [1.82, 2.24) is 15.5 Å². The quantitative estimate of drug-likeness (QED) is 0.0950. The summed E-state index contributed by atoms with van der Waals surface area (Å²) in [5.74, 6) is -2.96. The SMILES string of the molecule is CCCCCN(CCCCC)C(=O)C(CCC(=O)O)NC(=O)C(Cc1ccc(OP(=O)(O)O)c(CO)c1)NC(C)=O. The van der Waals surface area contributed by atoms with E-state index >= 15 is 0 Å². The van der Waals surface area contributed by atoms with E-state index in [0.29, 0.717) is 18.7 Å². The highest BCUT2D eigenvalue weighted by Gasteiger charge is 2.30. The lowest BCUT2D eigenvalue weighted by atomic mass is 10.0. The standard InChI is InChI=1S/C27H44N3O10P/c1-4-6-8-14-30(15-9-7-5-2)27(36)22(11-13-25(33)34)29-26(35)23(28-19(3)32)17-20-10-12-24(21(16-20)18-31)40-41(37,38)39/h10,12,16,22-23,31H,4-9,11,13-15,17-18H2,1-3H3,(H,28,32)(H,29,35)(H,33,34)(H2,37,38,39). The molecule has 0 fully saturated rings. The van der Waals surface area contributed by atoms with Crippen molar-refractivity contribution < 1.29 is 48.3 Å². The van der Waals surface area contributed by atoms with Gasteiger partial charge in [0.15, 0.2) is 0 Å². The number of aliphatic hydroxyl groups is 1. The Bertz CT molecular complexity index is 1050. The number of unbranched alkanes of at least 4 members (excludes halogenated alkanes) is 4. The summed E-state index contributed by atoms with van der Waals surface area (Å²) in [6.45, 7) is 5.66. The zero-order chi connectivity index (χ0) is 31.0. The number of rotatable bonds is 20. The molecule has 0 aromatic heterocycles. The van der Waals surface area contributed by atoms with Crippen molar-refractivity contribution in [3.05, 3.63) is 29.3 Å². The van der Waals surface area contributed by atoms with Crippen LogP contribution >= 0.6 is 7.82 Å². The van der Waals surface area contributed by atoms with Crippen molar-refractivity contribution in [2.24, 2.45) is 0 Å². The molecule has 0 bridgehead atoms. The molecule has 0 saturated carbocycles. The first kappa shape index (κ1) is 36.0. The Hall–Kier alpha value is -2.99. The van der Waals surface area contributed by atoms with Gasteiger partial charge in [-0.2, -0.15) is 0 Å². The molecule has 1 aromatic rings. The smallest absolute Gasteiger partial charge is 0.481 e. The summed E-state index contributed by atoms with van der Waals surface area (Å²) >= 11 is 0. The Morgan fingerprint density at radius 3 is 2.07 bits per heavy atom. The number of carbonyl (C=O) groups excluding carboxylic acids is 3. The van der Waals surface area contributed by atoms with E-state index in [4.69, 9.17) is 9.79 Å². The maximum absolute atomic E-state index is 13.5. The number of amides is 3. The first-order valence-electron chi connectivity index (χ1n) is 13.9. The van der Waals surface area contributed by atoms with Gasteiger partial charge in [-0.3, -0.25) is 29.0 Å². The maximum atomic E-state index is 13.5. The largest absolute Gasteiger partial charge is 0.524 e. The van der Waals surface area contributed by atoms with E-state index < -0.39 is 44.3 Å². The van der Waals surface area contributed by atoms with Crippen LogP contribution in [0.1, 0.15) is 83.3 Å². The lowest BCUT2D eigenvalue weighted by molar-refractivity contribution is -0.140. The highest BCUT2D eigenvalue weighted by molar-refractivity contribution is 7.46. The van der Waals surface area contributed by atoms with E-state index in [-0.39, 0.29) is 36.5 Å². The minimum Gasteiger partial charge on any atom is -0.481 e. The zero-order valence-corrected chi connectivity index (χ0v) is 24.9. The number of hydrogen-bond acceptors (Lipinski definition) is 7. The number of carbonyl (C=O) groups is 4. The number of phosphoric acid groups is 1. The van der Waals surface area contributed by atoms with Gasteiger partial charge in [-0.15, -0.1) is 0 Å². The Kier molecular flexibility index (Phi) is 16.2. The second-order valence-corrected chi connectivity index (χ2v) is 11.0. The topological polar surface area (TPSA) is 203 Å². The van der Waals surface area contributed by atoms with Gasteiger partial charge < -0.3 is 30.3 Å². The van der Waals surface area contributed by atoms with Gasteiger partial charge in [-0.05, 0) is 37.0 Å². The summed E-state index contributed by atoms with van der Waals surface area (Å²) in [4.78, 5) is 70.0. The first-order valence-corrected chi connectivity index (χ1v) is 15.4. The molecule has 3 amide bonds. The second-order valence-electron chi connectivity index (χ2n) is 9.87. The third-order valence-corrected chi connectivity index (χ3v) is 6.72. The number of phosphoric ester groups is 1. The number of nitrogens with one attached hydrogen (secondary N) is 2. The predicted molar refractivity (Wildman–Crippen MR) is 151 cm³/mol. The number of hydrogen-bond donors (Lipinski definition) is 6. The lowest BCUT2D eigenvalue weighted by Gasteiger charge is -2.29. The van der Waals surface area contributed by atoms with Crippen LogP contribution in [0.4, 0.5) is 0 Å². The first-order chi connectivity index (χ1) is 19.3. The van der Waals surface area contributed by atoms with Crippen LogP contribution < -0.4 is 15.2 Å². The Morgan fingerprint density at radius 2 is 1.59 bits per heavy atom. The molecule has 0 saturated heterocycles. The third-order valence-electron chi connectivity index (χ3n) is 6.28. The van der Waals surface area contributed by atoms with Crippen molar-refractivity contribution in [3.63, 3.8) is 0 Å². The molecule has 6 N–H and O–H groups in total. The van der Waals surface area contributed by atoms with Crippen molar-refractivity contribution in [2.45, 2.75) is 97.2 Å². The van der Waals surface area contributed by atoms with Gasteiger partial charge in [0.25, 0.3) is 0 Å². The zero-order valence-electron chi connectivity index (χ0n) is 24.0. The maximum Gasteiger partial charge on any atom is 0.524 e. The molecule has 0 heterocycles. The number of aliphatic hydroxyl groups excluding tert-OH is 1. The molecule has 2 unspecified atom stereocenters. The van der Waals surface area contributed by atoms with Gasteiger partial charge in [0, 0.05) is 38.4 Å². The molecule has 0 aliphatic rings. The van der Waals surface area contributed by atoms with Crippen molar-refractivity contribution in [2.75, 3.05) is 13.1 Å². The van der Waals surface area contributed by atoms with Gasteiger partial charge in [0.1, 0.15) is 17.8 Å². The summed E-state index contributed by atoms with van der Waals surface area (Å²) in [7, 11) is -4.88. The predicted octanol–water partition coefficient (Wildman–Crippen LogP) is 2.26. The minimum absolute atomic E-state index is 0.0529. The monoisotopic (exact) mass is 601 g/mol. The van der Waals surface area contributed by atoms with E-state index in [1.807, 2.05) is 13.8 Å². The van der Waals surface area contributed by atoms with Crippen LogP contribution in [0.2, 0.25) is 0 Å². The van der Waals surface area contributed by atoms with Crippen LogP contribution in [0.25, 0.3) is 0 Å². The van der Waals surface area contributed by atoms with Gasteiger partial charge in [-0.25, -0.2) is 4.57 Å². The van der Waals surface area contributed by atoms with Crippen molar-refractivity contribution in [1.29, 1.82) is 0 Å². The number of benzene rings is 1. The fraction of sp³-hybridized carbons (Fsp3) is 0.630. The Morgan fingerprint density at radius 1 is 0.976 bits per heavy atom. The molecule has 1 rings (SSSR count). The molecule has 232 valence electrons. The van der Waals surface area contributed by atoms with Crippen LogP contribution in [0.3, 0.4) is 0 Å². The fourth-order valence-electron chi connectivity index (χ4n) is 4.25. The van der Waals surface area contributed by atoms with E-state index in [0.717, 1.165) is 38.5 Å². The molecular formula is C27H44N3O10P. The summed E-state index contributed by atoms with van der Waals surface area (Å²) in [6.07, 6.45) is 4.73. The molecule has 1 aromatic carbocycles. The van der Waals surface area contributed by atoms with Gasteiger partial charge >= 0.3 is 13.8 Å².